The average molecular weight is 300 g/mol. The Labute approximate surface area is 125 Å². The summed E-state index contributed by atoms with van der Waals surface area (Å²) >= 11 is 0. The van der Waals surface area contributed by atoms with Gasteiger partial charge in [0.25, 0.3) is 0 Å². The van der Waals surface area contributed by atoms with Gasteiger partial charge >= 0.3 is 0 Å². The number of nitriles is 1. The van der Waals surface area contributed by atoms with Crippen molar-refractivity contribution in [3.05, 3.63) is 65.7 Å². The molecule has 1 N–H and O–H groups in total. The van der Waals surface area contributed by atoms with Crippen LogP contribution in [0, 0.1) is 11.3 Å². The Morgan fingerprint density at radius 3 is 2.29 bits per heavy atom. The molecule has 0 aliphatic carbocycles. The lowest BCUT2D eigenvalue weighted by atomic mass is 10.0. The van der Waals surface area contributed by atoms with Crippen LogP contribution in [0.1, 0.15) is 24.0 Å². The third kappa shape index (κ3) is 3.91. The van der Waals surface area contributed by atoms with Crippen LogP contribution in [-0.2, 0) is 10.0 Å². The van der Waals surface area contributed by atoms with E-state index >= 15 is 0 Å². The molecule has 21 heavy (non-hydrogen) atoms. The number of hydrogen-bond acceptors (Lipinski definition) is 3. The SMILES string of the molecule is C[C@@H](CNS(=O)(=O)c1ccc(C#N)cc1)c1ccccc1. The maximum Gasteiger partial charge on any atom is 0.240 e. The van der Waals surface area contributed by atoms with E-state index in [1.165, 1.54) is 24.3 Å². The summed E-state index contributed by atoms with van der Waals surface area (Å²) in [6, 6.07) is 17.6. The second-order valence-corrected chi connectivity index (χ2v) is 6.57. The van der Waals surface area contributed by atoms with Gasteiger partial charge in [0, 0.05) is 6.54 Å². The zero-order valence-corrected chi connectivity index (χ0v) is 12.5. The van der Waals surface area contributed by atoms with Gasteiger partial charge < -0.3 is 0 Å². The molecule has 0 radical (unpaired) electrons. The molecular weight excluding hydrogens is 284 g/mol. The summed E-state index contributed by atoms with van der Waals surface area (Å²) in [6.07, 6.45) is 0. The summed E-state index contributed by atoms with van der Waals surface area (Å²) in [5, 5.41) is 8.72. The molecule has 4 nitrogen and oxygen atoms in total. The van der Waals surface area contributed by atoms with E-state index in [1.54, 1.807) is 0 Å². The average Bonchev–Trinajstić information content (AvgIpc) is 2.53. The van der Waals surface area contributed by atoms with Crippen molar-refractivity contribution in [1.29, 1.82) is 5.26 Å². The Kier molecular flexibility index (Phi) is 4.73. The van der Waals surface area contributed by atoms with Crippen LogP contribution in [0.5, 0.6) is 0 Å². The third-order valence-corrected chi connectivity index (χ3v) is 4.68. The molecule has 0 bridgehead atoms. The first-order valence-corrected chi connectivity index (χ1v) is 8.06. The number of benzene rings is 2. The van der Waals surface area contributed by atoms with E-state index in [4.69, 9.17) is 5.26 Å². The largest absolute Gasteiger partial charge is 0.240 e. The molecular formula is C16H16N2O2S. The standard InChI is InChI=1S/C16H16N2O2S/c1-13(15-5-3-2-4-6-15)12-18-21(19,20)16-9-7-14(11-17)8-10-16/h2-10,13,18H,12H2,1H3/t13-/m0/s1. The van der Waals surface area contributed by atoms with Gasteiger partial charge in [-0.3, -0.25) is 0 Å². The molecule has 0 fully saturated rings. The normalized spacial score (nSPS) is 12.6. The van der Waals surface area contributed by atoms with E-state index in [1.807, 2.05) is 43.3 Å². The number of sulfonamides is 1. The first kappa shape index (κ1) is 15.2. The summed E-state index contributed by atoms with van der Waals surface area (Å²) in [4.78, 5) is 0.168. The predicted octanol–water partition coefficient (Wildman–Crippen LogP) is 2.64. The first-order valence-electron chi connectivity index (χ1n) is 6.58. The summed E-state index contributed by atoms with van der Waals surface area (Å²) < 4.78 is 26.9. The fraction of sp³-hybridized carbons (Fsp3) is 0.188. The molecule has 0 heterocycles. The van der Waals surface area contributed by atoms with E-state index < -0.39 is 10.0 Å². The van der Waals surface area contributed by atoms with Crippen molar-refractivity contribution < 1.29 is 8.42 Å². The van der Waals surface area contributed by atoms with E-state index in [0.717, 1.165) is 5.56 Å². The molecule has 0 amide bonds. The fourth-order valence-electron chi connectivity index (χ4n) is 1.93. The molecule has 0 saturated carbocycles. The van der Waals surface area contributed by atoms with Crippen LogP contribution in [0.25, 0.3) is 0 Å². The van der Waals surface area contributed by atoms with Gasteiger partial charge in [-0.05, 0) is 35.7 Å². The van der Waals surface area contributed by atoms with Gasteiger partial charge in [0.1, 0.15) is 0 Å². The zero-order valence-electron chi connectivity index (χ0n) is 11.7. The van der Waals surface area contributed by atoms with Gasteiger partial charge in [-0.1, -0.05) is 37.3 Å². The van der Waals surface area contributed by atoms with Crippen molar-refractivity contribution in [3.63, 3.8) is 0 Å². The number of nitrogens with one attached hydrogen (secondary N) is 1. The second kappa shape index (κ2) is 6.53. The summed E-state index contributed by atoms with van der Waals surface area (Å²) in [7, 11) is -3.55. The fourth-order valence-corrected chi connectivity index (χ4v) is 3.06. The maximum atomic E-state index is 12.2. The quantitative estimate of drug-likeness (QED) is 0.922. The third-order valence-electron chi connectivity index (χ3n) is 3.24. The van der Waals surface area contributed by atoms with Gasteiger partial charge in [0.15, 0.2) is 0 Å². The van der Waals surface area contributed by atoms with Crippen LogP contribution in [0.15, 0.2) is 59.5 Å². The molecule has 0 unspecified atom stereocenters. The van der Waals surface area contributed by atoms with Crippen LogP contribution in [-0.4, -0.2) is 15.0 Å². The lowest BCUT2D eigenvalue weighted by Crippen LogP contribution is -2.27. The minimum atomic E-state index is -3.55. The molecule has 108 valence electrons. The highest BCUT2D eigenvalue weighted by Crippen LogP contribution is 2.15. The van der Waals surface area contributed by atoms with Gasteiger partial charge in [-0.2, -0.15) is 5.26 Å². The van der Waals surface area contributed by atoms with Crippen molar-refractivity contribution in [1.82, 2.24) is 4.72 Å². The maximum absolute atomic E-state index is 12.2. The van der Waals surface area contributed by atoms with Crippen molar-refractivity contribution in [2.45, 2.75) is 17.7 Å². The Morgan fingerprint density at radius 2 is 1.71 bits per heavy atom. The smallest absolute Gasteiger partial charge is 0.211 e. The van der Waals surface area contributed by atoms with Crippen LogP contribution >= 0.6 is 0 Å². The first-order chi connectivity index (χ1) is 10.0. The molecule has 5 heteroatoms. The van der Waals surface area contributed by atoms with E-state index in [2.05, 4.69) is 4.72 Å². The minimum absolute atomic E-state index is 0.0827. The van der Waals surface area contributed by atoms with Gasteiger partial charge in [0.05, 0.1) is 16.5 Å². The molecule has 0 aromatic heterocycles. The molecule has 0 aliphatic rings. The second-order valence-electron chi connectivity index (χ2n) is 4.80. The monoisotopic (exact) mass is 300 g/mol. The Hall–Kier alpha value is -2.16. The highest BCUT2D eigenvalue weighted by Gasteiger charge is 2.15. The summed E-state index contributed by atoms with van der Waals surface area (Å²) in [5.74, 6) is 0.0827. The van der Waals surface area contributed by atoms with E-state index in [-0.39, 0.29) is 10.8 Å². The summed E-state index contributed by atoms with van der Waals surface area (Å²) in [6.45, 7) is 2.29. The Balaban J connectivity index is 2.06. The number of rotatable bonds is 5. The summed E-state index contributed by atoms with van der Waals surface area (Å²) in [5.41, 5.74) is 1.52. The van der Waals surface area contributed by atoms with Crippen LogP contribution in [0.2, 0.25) is 0 Å². The molecule has 2 aromatic rings. The molecule has 1 atom stereocenters. The van der Waals surface area contributed by atoms with Crippen molar-refractivity contribution in [3.8, 4) is 6.07 Å². The van der Waals surface area contributed by atoms with Crippen LogP contribution in [0.4, 0.5) is 0 Å². The lowest BCUT2D eigenvalue weighted by Gasteiger charge is -2.13. The van der Waals surface area contributed by atoms with Gasteiger partial charge in [0.2, 0.25) is 10.0 Å². The van der Waals surface area contributed by atoms with Crippen molar-refractivity contribution in [2.24, 2.45) is 0 Å². The van der Waals surface area contributed by atoms with Crippen molar-refractivity contribution in [2.75, 3.05) is 6.54 Å². The highest BCUT2D eigenvalue weighted by atomic mass is 32.2. The number of hydrogen-bond donors (Lipinski definition) is 1. The van der Waals surface area contributed by atoms with Crippen LogP contribution in [0.3, 0.4) is 0 Å². The Morgan fingerprint density at radius 1 is 1.10 bits per heavy atom. The Bertz CT molecular complexity index is 732. The van der Waals surface area contributed by atoms with Gasteiger partial charge in [-0.25, -0.2) is 13.1 Å². The van der Waals surface area contributed by atoms with E-state index in [9.17, 15) is 8.42 Å². The molecule has 0 spiro atoms. The molecule has 2 rings (SSSR count). The van der Waals surface area contributed by atoms with Gasteiger partial charge in [-0.15, -0.1) is 0 Å². The molecule has 2 aromatic carbocycles. The zero-order chi connectivity index (χ0) is 15.3. The van der Waals surface area contributed by atoms with Crippen molar-refractivity contribution >= 4 is 10.0 Å². The topological polar surface area (TPSA) is 70.0 Å². The molecule has 0 saturated heterocycles. The predicted molar refractivity (Wildman–Crippen MR) is 81.2 cm³/mol. The lowest BCUT2D eigenvalue weighted by molar-refractivity contribution is 0.575. The number of nitrogens with zero attached hydrogens (tertiary/aromatic N) is 1. The van der Waals surface area contributed by atoms with Crippen LogP contribution < -0.4 is 4.72 Å². The molecule has 0 aliphatic heterocycles. The minimum Gasteiger partial charge on any atom is -0.211 e. The van der Waals surface area contributed by atoms with E-state index in [0.29, 0.717) is 12.1 Å². The highest BCUT2D eigenvalue weighted by molar-refractivity contribution is 7.89.